The molecule has 0 atom stereocenters. The van der Waals surface area contributed by atoms with Crippen molar-refractivity contribution in [3.63, 3.8) is 0 Å². The molecule has 0 spiro atoms. The number of hydrogen-bond acceptors (Lipinski definition) is 5. The lowest BCUT2D eigenvalue weighted by atomic mass is 10.1. The molecule has 0 bridgehead atoms. The van der Waals surface area contributed by atoms with Crippen molar-refractivity contribution in [3.05, 3.63) is 83.8 Å². The summed E-state index contributed by atoms with van der Waals surface area (Å²) in [5.41, 5.74) is 1.19. The number of amides is 1. The summed E-state index contributed by atoms with van der Waals surface area (Å²) in [4.78, 5) is 12.4. The third-order valence-corrected chi connectivity index (χ3v) is 5.66. The molecule has 0 fully saturated rings. The molecule has 0 unspecified atom stereocenters. The molecule has 4 rings (SSSR count). The van der Waals surface area contributed by atoms with E-state index < -0.39 is 17.6 Å². The first-order chi connectivity index (χ1) is 15.8. The number of nitrogens with zero attached hydrogens (tertiary/aromatic N) is 3. The first-order valence-corrected chi connectivity index (χ1v) is 10.9. The topological polar surface area (TPSA) is 73.0 Å². The average Bonchev–Trinajstić information content (AvgIpc) is 3.42. The third kappa shape index (κ3) is 5.64. The van der Waals surface area contributed by atoms with Crippen LogP contribution < -0.4 is 5.32 Å². The molecule has 0 aliphatic rings. The van der Waals surface area contributed by atoms with Gasteiger partial charge in [-0.3, -0.25) is 9.36 Å². The van der Waals surface area contributed by atoms with Crippen molar-refractivity contribution < 1.29 is 22.4 Å². The lowest BCUT2D eigenvalue weighted by Gasteiger charge is -2.11. The number of benzene rings is 2. The second-order valence-corrected chi connectivity index (χ2v) is 8.20. The molecule has 2 heterocycles. The van der Waals surface area contributed by atoms with Crippen LogP contribution in [0.15, 0.2) is 76.5 Å². The largest absolute Gasteiger partial charge is 0.467 e. The van der Waals surface area contributed by atoms with Crippen LogP contribution in [0.5, 0.6) is 0 Å². The molecule has 0 saturated carbocycles. The van der Waals surface area contributed by atoms with Crippen LogP contribution in [-0.2, 0) is 17.5 Å². The number of rotatable bonds is 7. The fourth-order valence-electron chi connectivity index (χ4n) is 3.19. The Hall–Kier alpha value is -3.53. The Kier molecular flexibility index (Phi) is 6.55. The zero-order valence-electron chi connectivity index (χ0n) is 17.5. The summed E-state index contributed by atoms with van der Waals surface area (Å²) >= 11 is 1.14. The highest BCUT2D eigenvalue weighted by Gasteiger charge is 2.30. The Morgan fingerprint density at radius 2 is 1.91 bits per heavy atom. The van der Waals surface area contributed by atoms with Crippen molar-refractivity contribution in [1.82, 2.24) is 14.8 Å². The lowest BCUT2D eigenvalue weighted by Crippen LogP contribution is -2.15. The van der Waals surface area contributed by atoms with Gasteiger partial charge in [-0.05, 0) is 43.3 Å². The average molecular weight is 472 g/mol. The van der Waals surface area contributed by atoms with E-state index in [2.05, 4.69) is 15.5 Å². The summed E-state index contributed by atoms with van der Waals surface area (Å²) < 4.78 is 46.0. The smallest absolute Gasteiger partial charge is 0.416 e. The molecular weight excluding hydrogens is 453 g/mol. The Morgan fingerprint density at radius 3 is 2.64 bits per heavy atom. The predicted molar refractivity (Wildman–Crippen MR) is 119 cm³/mol. The van der Waals surface area contributed by atoms with E-state index in [1.165, 1.54) is 12.1 Å². The summed E-state index contributed by atoms with van der Waals surface area (Å²) in [6, 6.07) is 15.9. The summed E-state index contributed by atoms with van der Waals surface area (Å²) in [7, 11) is 0. The minimum absolute atomic E-state index is 0.0552. The van der Waals surface area contributed by atoms with E-state index in [1.54, 1.807) is 12.3 Å². The SMILES string of the molecule is Cc1cccc(-c2nnc(SCC(=O)Nc3cccc(C(F)(F)F)c3)n2Cc2ccco2)c1. The van der Waals surface area contributed by atoms with Crippen molar-refractivity contribution in [2.75, 3.05) is 11.1 Å². The first-order valence-electron chi connectivity index (χ1n) is 9.92. The van der Waals surface area contributed by atoms with E-state index in [9.17, 15) is 18.0 Å². The molecule has 1 amide bonds. The van der Waals surface area contributed by atoms with E-state index in [0.29, 0.717) is 23.3 Å². The zero-order valence-corrected chi connectivity index (χ0v) is 18.3. The number of carbonyl (C=O) groups is 1. The standard InChI is InChI=1S/C23H19F3N4O2S/c1-15-5-2-6-16(11-15)21-28-29-22(30(21)13-19-9-4-10-32-19)33-14-20(31)27-18-8-3-7-17(12-18)23(24,25)26/h2-12H,13-14H2,1H3,(H,27,31). The van der Waals surface area contributed by atoms with Gasteiger partial charge in [-0.25, -0.2) is 0 Å². The Morgan fingerprint density at radius 1 is 1.09 bits per heavy atom. The monoisotopic (exact) mass is 472 g/mol. The van der Waals surface area contributed by atoms with Crippen LogP contribution in [0.2, 0.25) is 0 Å². The minimum atomic E-state index is -4.48. The second-order valence-electron chi connectivity index (χ2n) is 7.26. The Bertz CT molecular complexity index is 1250. The van der Waals surface area contributed by atoms with Gasteiger partial charge in [0.25, 0.3) is 0 Å². The number of nitrogens with one attached hydrogen (secondary N) is 1. The van der Waals surface area contributed by atoms with Gasteiger partial charge in [-0.15, -0.1) is 10.2 Å². The number of aryl methyl sites for hydroxylation is 1. The number of furan rings is 1. The molecule has 2 aromatic heterocycles. The maximum absolute atomic E-state index is 12.9. The van der Waals surface area contributed by atoms with Gasteiger partial charge >= 0.3 is 6.18 Å². The molecule has 2 aromatic carbocycles. The molecule has 1 N–H and O–H groups in total. The van der Waals surface area contributed by atoms with Crippen molar-refractivity contribution in [1.29, 1.82) is 0 Å². The van der Waals surface area contributed by atoms with Crippen molar-refractivity contribution >= 4 is 23.4 Å². The Balaban J connectivity index is 1.51. The highest BCUT2D eigenvalue weighted by atomic mass is 32.2. The summed E-state index contributed by atoms with van der Waals surface area (Å²) in [6.45, 7) is 2.34. The fraction of sp³-hybridized carbons (Fsp3) is 0.174. The zero-order chi connectivity index (χ0) is 23.4. The predicted octanol–water partition coefficient (Wildman–Crippen LogP) is 5.64. The van der Waals surface area contributed by atoms with Crippen LogP contribution in [0.25, 0.3) is 11.4 Å². The van der Waals surface area contributed by atoms with E-state index in [-0.39, 0.29) is 11.4 Å². The van der Waals surface area contributed by atoms with Crippen LogP contribution in [0.4, 0.5) is 18.9 Å². The maximum Gasteiger partial charge on any atom is 0.416 e. The molecule has 0 radical (unpaired) electrons. The molecule has 0 aliphatic heterocycles. The molecule has 33 heavy (non-hydrogen) atoms. The summed E-state index contributed by atoms with van der Waals surface area (Å²) in [6.07, 6.45) is -2.91. The van der Waals surface area contributed by atoms with Gasteiger partial charge in [0.1, 0.15) is 5.76 Å². The normalized spacial score (nSPS) is 11.5. The molecule has 170 valence electrons. The van der Waals surface area contributed by atoms with Crippen LogP contribution >= 0.6 is 11.8 Å². The van der Waals surface area contributed by atoms with Gasteiger partial charge in [0.05, 0.1) is 24.1 Å². The number of alkyl halides is 3. The Labute approximate surface area is 191 Å². The van der Waals surface area contributed by atoms with Gasteiger partial charge < -0.3 is 9.73 Å². The molecule has 4 aromatic rings. The second kappa shape index (κ2) is 9.53. The number of anilines is 1. The fourth-order valence-corrected chi connectivity index (χ4v) is 3.93. The molecule has 0 saturated heterocycles. The number of carbonyl (C=O) groups excluding carboxylic acids is 1. The molecule has 0 aliphatic carbocycles. The number of thioether (sulfide) groups is 1. The van der Waals surface area contributed by atoms with Crippen LogP contribution in [-0.4, -0.2) is 26.4 Å². The minimum Gasteiger partial charge on any atom is -0.467 e. The van der Waals surface area contributed by atoms with Gasteiger partial charge in [0.15, 0.2) is 11.0 Å². The van der Waals surface area contributed by atoms with Gasteiger partial charge in [-0.1, -0.05) is 41.6 Å². The molecule has 10 heteroatoms. The van der Waals surface area contributed by atoms with Gasteiger partial charge in [-0.2, -0.15) is 13.2 Å². The number of aromatic nitrogens is 3. The van der Waals surface area contributed by atoms with E-state index in [1.807, 2.05) is 41.8 Å². The quantitative estimate of drug-likeness (QED) is 0.352. The number of halogens is 3. The van der Waals surface area contributed by atoms with E-state index in [4.69, 9.17) is 4.42 Å². The summed E-state index contributed by atoms with van der Waals surface area (Å²) in [5.74, 6) is 0.805. The van der Waals surface area contributed by atoms with Crippen molar-refractivity contribution in [3.8, 4) is 11.4 Å². The van der Waals surface area contributed by atoms with Crippen LogP contribution in [0.3, 0.4) is 0 Å². The molecular formula is C23H19F3N4O2S. The first kappa shape index (κ1) is 22.7. The van der Waals surface area contributed by atoms with Crippen molar-refractivity contribution in [2.24, 2.45) is 0 Å². The van der Waals surface area contributed by atoms with E-state index >= 15 is 0 Å². The van der Waals surface area contributed by atoms with Gasteiger partial charge in [0, 0.05) is 11.3 Å². The summed E-state index contributed by atoms with van der Waals surface area (Å²) in [5, 5.41) is 11.5. The number of hydrogen-bond donors (Lipinski definition) is 1. The van der Waals surface area contributed by atoms with Crippen molar-refractivity contribution in [2.45, 2.75) is 24.8 Å². The highest BCUT2D eigenvalue weighted by Crippen LogP contribution is 2.31. The molecule has 6 nitrogen and oxygen atoms in total. The third-order valence-electron chi connectivity index (χ3n) is 4.69. The lowest BCUT2D eigenvalue weighted by molar-refractivity contribution is -0.137. The van der Waals surface area contributed by atoms with Gasteiger partial charge in [0.2, 0.25) is 5.91 Å². The maximum atomic E-state index is 12.9. The highest BCUT2D eigenvalue weighted by molar-refractivity contribution is 7.99. The van der Waals surface area contributed by atoms with E-state index in [0.717, 1.165) is 35.0 Å². The van der Waals surface area contributed by atoms with Crippen LogP contribution in [0.1, 0.15) is 16.9 Å². The van der Waals surface area contributed by atoms with Crippen LogP contribution in [0, 0.1) is 6.92 Å².